The molecule has 1 fully saturated rings. The first kappa shape index (κ1) is 17.3. The molecule has 1 atom stereocenters. The van der Waals surface area contributed by atoms with Crippen molar-refractivity contribution in [2.24, 2.45) is 13.0 Å². The first-order valence-corrected chi connectivity index (χ1v) is 9.30. The molecule has 6 heteroatoms. The van der Waals surface area contributed by atoms with Crippen LogP contribution in [-0.2, 0) is 11.8 Å². The van der Waals surface area contributed by atoms with Crippen LogP contribution in [0.5, 0.6) is 0 Å². The Labute approximate surface area is 137 Å². The van der Waals surface area contributed by atoms with Gasteiger partial charge >= 0.3 is 0 Å². The summed E-state index contributed by atoms with van der Waals surface area (Å²) in [6, 6.07) is -0.0216. The van der Waals surface area contributed by atoms with Crippen molar-refractivity contribution < 1.29 is 4.79 Å². The average Bonchev–Trinajstić information content (AvgIpc) is 3.12. The summed E-state index contributed by atoms with van der Waals surface area (Å²) in [6.45, 7) is 7.77. The Morgan fingerprint density at radius 3 is 2.73 bits per heavy atom. The largest absolute Gasteiger partial charge is 0.345 e. The van der Waals surface area contributed by atoms with Gasteiger partial charge in [0.1, 0.15) is 5.82 Å². The van der Waals surface area contributed by atoms with E-state index < -0.39 is 0 Å². The van der Waals surface area contributed by atoms with Crippen LogP contribution < -0.4 is 5.32 Å². The summed E-state index contributed by atoms with van der Waals surface area (Å²) in [5.41, 5.74) is 0. The van der Waals surface area contributed by atoms with E-state index in [4.69, 9.17) is 0 Å². The van der Waals surface area contributed by atoms with Gasteiger partial charge < -0.3 is 14.8 Å². The molecule has 0 unspecified atom stereocenters. The molecule has 0 bridgehead atoms. The van der Waals surface area contributed by atoms with E-state index in [0.29, 0.717) is 11.7 Å². The van der Waals surface area contributed by atoms with E-state index in [9.17, 15) is 4.79 Å². The molecule has 0 radical (unpaired) electrons. The molecule has 22 heavy (non-hydrogen) atoms. The highest BCUT2D eigenvalue weighted by molar-refractivity contribution is 7.99. The van der Waals surface area contributed by atoms with Gasteiger partial charge in [0.25, 0.3) is 0 Å². The van der Waals surface area contributed by atoms with Crippen LogP contribution in [-0.4, -0.2) is 51.5 Å². The number of rotatable bonds is 8. The highest BCUT2D eigenvalue weighted by Crippen LogP contribution is 2.19. The zero-order valence-electron chi connectivity index (χ0n) is 13.9. The number of nitrogens with one attached hydrogen (secondary N) is 1. The van der Waals surface area contributed by atoms with Crippen LogP contribution in [0.3, 0.4) is 0 Å². The minimum Gasteiger partial charge on any atom is -0.345 e. The number of hydrogen-bond acceptors (Lipinski definition) is 4. The molecule has 124 valence electrons. The van der Waals surface area contributed by atoms with Crippen molar-refractivity contribution in [2.45, 2.75) is 32.7 Å². The van der Waals surface area contributed by atoms with Gasteiger partial charge in [-0.3, -0.25) is 4.79 Å². The predicted molar refractivity (Wildman–Crippen MR) is 91.9 cm³/mol. The van der Waals surface area contributed by atoms with Gasteiger partial charge in [-0.15, -0.1) is 0 Å². The van der Waals surface area contributed by atoms with Crippen LogP contribution in [0.4, 0.5) is 0 Å². The minimum atomic E-state index is -0.0216. The van der Waals surface area contributed by atoms with Gasteiger partial charge in [0.15, 0.2) is 0 Å². The molecule has 1 saturated heterocycles. The van der Waals surface area contributed by atoms with Gasteiger partial charge in [-0.25, -0.2) is 4.98 Å². The van der Waals surface area contributed by atoms with Gasteiger partial charge in [0.05, 0.1) is 11.8 Å². The van der Waals surface area contributed by atoms with Crippen molar-refractivity contribution in [3.63, 3.8) is 0 Å². The fourth-order valence-electron chi connectivity index (χ4n) is 2.79. The Morgan fingerprint density at radius 2 is 2.14 bits per heavy atom. The highest BCUT2D eigenvalue weighted by atomic mass is 32.2. The van der Waals surface area contributed by atoms with Crippen LogP contribution >= 0.6 is 11.8 Å². The van der Waals surface area contributed by atoms with Crippen LogP contribution in [0, 0.1) is 5.92 Å². The topological polar surface area (TPSA) is 50.2 Å². The third kappa shape index (κ3) is 5.02. The fraction of sp³-hybridized carbons (Fsp3) is 0.750. The summed E-state index contributed by atoms with van der Waals surface area (Å²) in [5.74, 6) is 2.90. The number of aromatic nitrogens is 2. The molecule has 1 aliphatic heterocycles. The summed E-state index contributed by atoms with van der Waals surface area (Å²) in [7, 11) is 1.97. The van der Waals surface area contributed by atoms with Crippen LogP contribution in [0.1, 0.15) is 38.6 Å². The second-order valence-electron chi connectivity index (χ2n) is 6.29. The Hall–Kier alpha value is -1.01. The van der Waals surface area contributed by atoms with E-state index >= 15 is 0 Å². The zero-order chi connectivity index (χ0) is 15.9. The fourth-order valence-corrected chi connectivity index (χ4v) is 3.59. The van der Waals surface area contributed by atoms with E-state index in [-0.39, 0.29) is 11.9 Å². The number of likely N-dealkylation sites (tertiary alicyclic amines) is 1. The molecule has 1 aliphatic rings. The quantitative estimate of drug-likeness (QED) is 0.744. The molecule has 2 rings (SSSR count). The zero-order valence-corrected chi connectivity index (χ0v) is 14.7. The number of amides is 1. The maximum atomic E-state index is 12.2. The van der Waals surface area contributed by atoms with Crippen molar-refractivity contribution in [1.82, 2.24) is 19.8 Å². The number of hydrogen-bond donors (Lipinski definition) is 1. The van der Waals surface area contributed by atoms with Crippen molar-refractivity contribution in [3.05, 3.63) is 18.2 Å². The average molecular weight is 324 g/mol. The molecule has 0 aliphatic carbocycles. The molecule has 1 N–H and O–H groups in total. The summed E-state index contributed by atoms with van der Waals surface area (Å²) in [4.78, 5) is 19.0. The lowest BCUT2D eigenvalue weighted by Gasteiger charge is -2.22. The van der Waals surface area contributed by atoms with Crippen molar-refractivity contribution in [3.8, 4) is 0 Å². The number of thioether (sulfide) groups is 1. The first-order valence-electron chi connectivity index (χ1n) is 8.14. The minimum absolute atomic E-state index is 0.0216. The van der Waals surface area contributed by atoms with Crippen LogP contribution in [0.25, 0.3) is 0 Å². The number of nitrogens with zero attached hydrogens (tertiary/aromatic N) is 3. The Morgan fingerprint density at radius 1 is 1.41 bits per heavy atom. The molecule has 1 aromatic heterocycles. The molecule has 1 aromatic rings. The Bertz CT molecular complexity index is 468. The smallest absolute Gasteiger partial charge is 0.230 e. The standard InChI is InChI=1S/C16H28N4OS/c1-13(2)15(16-17-6-9-19(16)3)18-14(21)12-22-11-10-20-7-4-5-8-20/h6,9,13,15H,4-5,7-8,10-12H2,1-3H3,(H,18,21)/t15-/m1/s1. The molecule has 0 aromatic carbocycles. The molecular weight excluding hydrogens is 296 g/mol. The third-order valence-electron chi connectivity index (χ3n) is 4.10. The summed E-state index contributed by atoms with van der Waals surface area (Å²) >= 11 is 1.72. The summed E-state index contributed by atoms with van der Waals surface area (Å²) in [6.07, 6.45) is 6.35. The normalized spacial score (nSPS) is 17.1. The van der Waals surface area contributed by atoms with Crippen molar-refractivity contribution >= 4 is 17.7 Å². The van der Waals surface area contributed by atoms with E-state index in [0.717, 1.165) is 18.1 Å². The molecule has 5 nitrogen and oxygen atoms in total. The van der Waals surface area contributed by atoms with Crippen molar-refractivity contribution in [1.29, 1.82) is 0 Å². The maximum absolute atomic E-state index is 12.2. The second kappa shape index (κ2) is 8.58. The van der Waals surface area contributed by atoms with E-state index in [1.54, 1.807) is 18.0 Å². The predicted octanol–water partition coefficient (Wildman–Crippen LogP) is 2.06. The first-order chi connectivity index (χ1) is 10.6. The number of aryl methyl sites for hydroxylation is 1. The summed E-state index contributed by atoms with van der Waals surface area (Å²) < 4.78 is 1.98. The van der Waals surface area contributed by atoms with Gasteiger partial charge in [-0.2, -0.15) is 11.8 Å². The van der Waals surface area contributed by atoms with Crippen molar-refractivity contribution in [2.75, 3.05) is 31.1 Å². The second-order valence-corrected chi connectivity index (χ2v) is 7.39. The number of carbonyl (C=O) groups excluding carboxylic acids is 1. The van der Waals surface area contributed by atoms with E-state index in [1.165, 1.54) is 25.9 Å². The van der Waals surface area contributed by atoms with Gasteiger partial charge in [-0.05, 0) is 31.8 Å². The lowest BCUT2D eigenvalue weighted by molar-refractivity contribution is -0.119. The molecular formula is C16H28N4OS. The van der Waals surface area contributed by atoms with Crippen LogP contribution in [0.15, 0.2) is 12.4 Å². The van der Waals surface area contributed by atoms with Gasteiger partial charge in [0.2, 0.25) is 5.91 Å². The van der Waals surface area contributed by atoms with E-state index in [2.05, 4.69) is 29.0 Å². The monoisotopic (exact) mass is 324 g/mol. The van der Waals surface area contributed by atoms with Gasteiger partial charge in [0, 0.05) is 31.7 Å². The molecule has 0 saturated carbocycles. The highest BCUT2D eigenvalue weighted by Gasteiger charge is 2.21. The lowest BCUT2D eigenvalue weighted by Crippen LogP contribution is -2.34. The molecule has 0 spiro atoms. The van der Waals surface area contributed by atoms with E-state index in [1.807, 2.05) is 17.8 Å². The lowest BCUT2D eigenvalue weighted by atomic mass is 10.0. The Balaban J connectivity index is 1.73. The number of carbonyl (C=O) groups is 1. The SMILES string of the molecule is CC(C)[C@@H](NC(=O)CSCCN1CCCC1)c1nccn1C. The Kier molecular flexibility index (Phi) is 6.76. The summed E-state index contributed by atoms with van der Waals surface area (Å²) in [5, 5.41) is 3.13. The molecule has 2 heterocycles. The van der Waals surface area contributed by atoms with Gasteiger partial charge in [-0.1, -0.05) is 13.8 Å². The number of imidazole rings is 1. The third-order valence-corrected chi connectivity index (χ3v) is 5.04. The van der Waals surface area contributed by atoms with Crippen LogP contribution in [0.2, 0.25) is 0 Å². The molecule has 1 amide bonds. The maximum Gasteiger partial charge on any atom is 0.230 e.